The van der Waals surface area contributed by atoms with Crippen molar-refractivity contribution in [2.45, 2.75) is 6.10 Å². The minimum atomic E-state index is -0.202. The van der Waals surface area contributed by atoms with E-state index in [0.29, 0.717) is 6.61 Å². The van der Waals surface area contributed by atoms with Gasteiger partial charge in [0.15, 0.2) is 0 Å². The van der Waals surface area contributed by atoms with Crippen molar-refractivity contribution >= 4 is 6.21 Å². The lowest BCUT2D eigenvalue weighted by Crippen LogP contribution is -2.19. The van der Waals surface area contributed by atoms with E-state index in [-0.39, 0.29) is 19.5 Å². The molecule has 5 heteroatoms. The molecule has 0 radical (unpaired) electrons. The molecule has 0 unspecified atom stereocenters. The first-order valence-electron chi connectivity index (χ1n) is 3.81. The van der Waals surface area contributed by atoms with Crippen LogP contribution in [0.25, 0.3) is 0 Å². The molecular formula is C8H15NO4. The molecule has 0 fully saturated rings. The first kappa shape index (κ1) is 12.1. The Morgan fingerprint density at radius 1 is 1.62 bits per heavy atom. The van der Waals surface area contributed by atoms with E-state index in [2.05, 4.69) is 11.7 Å². The second-order valence-corrected chi connectivity index (χ2v) is 2.18. The number of ether oxygens (including phenoxy) is 3. The van der Waals surface area contributed by atoms with Crippen molar-refractivity contribution in [1.29, 1.82) is 0 Å². The number of hydrogen-bond acceptors (Lipinski definition) is 5. The summed E-state index contributed by atoms with van der Waals surface area (Å²) in [7, 11) is 1.54. The molecule has 0 aliphatic carbocycles. The van der Waals surface area contributed by atoms with Crippen LogP contribution in [0.3, 0.4) is 0 Å². The highest BCUT2D eigenvalue weighted by molar-refractivity contribution is 5.57. The number of oxime groups is 1. The molecule has 1 atom stereocenters. The van der Waals surface area contributed by atoms with E-state index in [1.54, 1.807) is 13.2 Å². The fourth-order valence-electron chi connectivity index (χ4n) is 0.610. The third-order valence-electron chi connectivity index (χ3n) is 1.22. The fourth-order valence-corrected chi connectivity index (χ4v) is 0.610. The SMILES string of the molecule is C=C[C@H](COC/C=N/O)OCOC. The lowest BCUT2D eigenvalue weighted by Gasteiger charge is -2.12. The van der Waals surface area contributed by atoms with Crippen molar-refractivity contribution < 1.29 is 19.4 Å². The van der Waals surface area contributed by atoms with E-state index in [1.807, 2.05) is 0 Å². The van der Waals surface area contributed by atoms with E-state index in [0.717, 1.165) is 0 Å². The molecule has 0 bridgehead atoms. The van der Waals surface area contributed by atoms with Crippen LogP contribution < -0.4 is 0 Å². The van der Waals surface area contributed by atoms with Crippen LogP contribution in [0.5, 0.6) is 0 Å². The van der Waals surface area contributed by atoms with Gasteiger partial charge in [-0.3, -0.25) is 0 Å². The molecule has 0 rings (SSSR count). The second-order valence-electron chi connectivity index (χ2n) is 2.18. The molecule has 1 N–H and O–H groups in total. The first-order chi connectivity index (χ1) is 6.35. The molecule has 0 aromatic rings. The van der Waals surface area contributed by atoms with Crippen LogP contribution in [0, 0.1) is 0 Å². The van der Waals surface area contributed by atoms with E-state index in [9.17, 15) is 0 Å². The first-order valence-corrected chi connectivity index (χ1v) is 3.81. The largest absolute Gasteiger partial charge is 0.411 e. The minimum Gasteiger partial charge on any atom is -0.411 e. The fraction of sp³-hybridized carbons (Fsp3) is 0.625. The van der Waals surface area contributed by atoms with Crippen molar-refractivity contribution in [3.8, 4) is 0 Å². The van der Waals surface area contributed by atoms with Gasteiger partial charge in [-0.1, -0.05) is 11.2 Å². The van der Waals surface area contributed by atoms with E-state index < -0.39 is 0 Å². The number of rotatable bonds is 8. The molecule has 0 aromatic carbocycles. The molecule has 13 heavy (non-hydrogen) atoms. The molecule has 5 nitrogen and oxygen atoms in total. The zero-order chi connectivity index (χ0) is 9.94. The van der Waals surface area contributed by atoms with Crippen LogP contribution in [0.2, 0.25) is 0 Å². The molecule has 0 aliphatic rings. The molecule has 0 spiro atoms. The zero-order valence-electron chi connectivity index (χ0n) is 7.68. The Balaban J connectivity index is 3.41. The number of hydrogen-bond donors (Lipinski definition) is 1. The Morgan fingerprint density at radius 2 is 2.38 bits per heavy atom. The molecule has 76 valence electrons. The zero-order valence-corrected chi connectivity index (χ0v) is 7.68. The normalized spacial score (nSPS) is 13.3. The number of methoxy groups -OCH3 is 1. The summed E-state index contributed by atoms with van der Waals surface area (Å²) in [5.41, 5.74) is 0. The summed E-state index contributed by atoms with van der Waals surface area (Å²) in [6.45, 7) is 4.38. The molecule has 0 aromatic heterocycles. The maximum absolute atomic E-state index is 8.05. The average Bonchev–Trinajstić information content (AvgIpc) is 2.17. The van der Waals surface area contributed by atoms with Crippen LogP contribution in [0.15, 0.2) is 17.8 Å². The van der Waals surface area contributed by atoms with Gasteiger partial charge in [0.1, 0.15) is 12.9 Å². The molecule has 0 saturated heterocycles. The Bertz CT molecular complexity index is 149. The molecule has 0 heterocycles. The summed E-state index contributed by atoms with van der Waals surface area (Å²) in [6, 6.07) is 0. The van der Waals surface area contributed by atoms with Crippen LogP contribution in [-0.2, 0) is 14.2 Å². The second kappa shape index (κ2) is 9.18. The highest BCUT2D eigenvalue weighted by Crippen LogP contribution is 1.94. The van der Waals surface area contributed by atoms with Crippen molar-refractivity contribution in [1.82, 2.24) is 0 Å². The summed E-state index contributed by atoms with van der Waals surface area (Å²) in [6.07, 6.45) is 2.66. The van der Waals surface area contributed by atoms with Crippen LogP contribution in [0.1, 0.15) is 0 Å². The average molecular weight is 189 g/mol. The van der Waals surface area contributed by atoms with Gasteiger partial charge in [-0.05, 0) is 0 Å². The van der Waals surface area contributed by atoms with Crippen LogP contribution in [0.4, 0.5) is 0 Å². The Morgan fingerprint density at radius 3 is 2.92 bits per heavy atom. The quantitative estimate of drug-likeness (QED) is 0.152. The van der Waals surface area contributed by atoms with E-state index in [1.165, 1.54) is 6.21 Å². The molecular weight excluding hydrogens is 174 g/mol. The van der Waals surface area contributed by atoms with Crippen molar-refractivity contribution in [3.05, 3.63) is 12.7 Å². The third kappa shape index (κ3) is 7.45. The van der Waals surface area contributed by atoms with Gasteiger partial charge in [0.2, 0.25) is 0 Å². The standard InChI is InChI=1S/C8H15NO4/c1-3-8(13-7-11-2)6-12-5-4-9-10/h3-4,8,10H,1,5-7H2,2H3/b9-4+/t8-/m1/s1. The van der Waals surface area contributed by atoms with Gasteiger partial charge >= 0.3 is 0 Å². The van der Waals surface area contributed by atoms with Gasteiger partial charge in [0, 0.05) is 7.11 Å². The Labute approximate surface area is 77.6 Å². The summed E-state index contributed by atoms with van der Waals surface area (Å²) in [5, 5.41) is 10.8. The maximum atomic E-state index is 8.05. The maximum Gasteiger partial charge on any atom is 0.147 e. The van der Waals surface area contributed by atoms with Crippen molar-refractivity contribution in [2.24, 2.45) is 5.16 Å². The van der Waals surface area contributed by atoms with E-state index in [4.69, 9.17) is 19.4 Å². The van der Waals surface area contributed by atoms with E-state index >= 15 is 0 Å². The predicted octanol–water partition coefficient (Wildman–Crippen LogP) is 0.638. The Kier molecular flexibility index (Phi) is 8.54. The minimum absolute atomic E-state index is 0.202. The summed E-state index contributed by atoms with van der Waals surface area (Å²) in [4.78, 5) is 0. The lowest BCUT2D eigenvalue weighted by molar-refractivity contribution is -0.0761. The van der Waals surface area contributed by atoms with Gasteiger partial charge in [-0.15, -0.1) is 6.58 Å². The van der Waals surface area contributed by atoms with Gasteiger partial charge < -0.3 is 19.4 Å². The molecule has 0 saturated carbocycles. The smallest absolute Gasteiger partial charge is 0.147 e. The Hall–Kier alpha value is -0.910. The van der Waals surface area contributed by atoms with Crippen molar-refractivity contribution in [3.63, 3.8) is 0 Å². The summed E-state index contributed by atoms with van der Waals surface area (Å²) in [5.74, 6) is 0. The van der Waals surface area contributed by atoms with Gasteiger partial charge in [-0.25, -0.2) is 0 Å². The molecule has 0 amide bonds. The highest BCUT2D eigenvalue weighted by atomic mass is 16.7. The topological polar surface area (TPSA) is 60.3 Å². The van der Waals surface area contributed by atoms with Crippen LogP contribution >= 0.6 is 0 Å². The van der Waals surface area contributed by atoms with Crippen LogP contribution in [-0.4, -0.2) is 44.6 Å². The van der Waals surface area contributed by atoms with Gasteiger partial charge in [0.05, 0.1) is 19.4 Å². The molecule has 0 aliphatic heterocycles. The highest BCUT2D eigenvalue weighted by Gasteiger charge is 2.02. The summed E-state index contributed by atoms with van der Waals surface area (Å²) >= 11 is 0. The van der Waals surface area contributed by atoms with Gasteiger partial charge in [-0.2, -0.15) is 0 Å². The van der Waals surface area contributed by atoms with Crippen molar-refractivity contribution in [2.75, 3.05) is 27.1 Å². The lowest BCUT2D eigenvalue weighted by atomic mass is 10.4. The number of nitrogens with zero attached hydrogens (tertiary/aromatic N) is 1. The van der Waals surface area contributed by atoms with Gasteiger partial charge in [0.25, 0.3) is 0 Å². The third-order valence-corrected chi connectivity index (χ3v) is 1.22. The monoisotopic (exact) mass is 189 g/mol. The predicted molar refractivity (Wildman–Crippen MR) is 48.0 cm³/mol. The summed E-state index contributed by atoms with van der Waals surface area (Å²) < 4.78 is 14.9.